The molecule has 1 fully saturated rings. The van der Waals surface area contributed by atoms with Crippen LogP contribution in [-0.2, 0) is 19.1 Å². The van der Waals surface area contributed by atoms with Crippen LogP contribution in [-0.4, -0.2) is 28.4 Å². The van der Waals surface area contributed by atoms with Crippen molar-refractivity contribution in [3.8, 4) is 0 Å². The van der Waals surface area contributed by atoms with Crippen LogP contribution >= 0.6 is 0 Å². The third-order valence-corrected chi connectivity index (χ3v) is 7.52. The predicted octanol–water partition coefficient (Wildman–Crippen LogP) is 4.53. The molecule has 0 amide bonds. The molecule has 1 heterocycles. The first kappa shape index (κ1) is 20.1. The van der Waals surface area contributed by atoms with Crippen LogP contribution in [0, 0.1) is 17.3 Å². The lowest BCUT2D eigenvalue weighted by molar-refractivity contribution is -0.188. The number of carboxylic acids is 1. The zero-order chi connectivity index (χ0) is 20.8. The summed E-state index contributed by atoms with van der Waals surface area (Å²) in [5.41, 5.74) is -0.794. The van der Waals surface area contributed by atoms with Gasteiger partial charge in [0.15, 0.2) is 5.60 Å². The number of carbonyl (C=O) groups is 3. The summed E-state index contributed by atoms with van der Waals surface area (Å²) in [6.45, 7) is 4.12. The number of esters is 1. The van der Waals surface area contributed by atoms with Gasteiger partial charge in [-0.15, -0.1) is 0 Å². The molecule has 1 spiro atoms. The fourth-order valence-electron chi connectivity index (χ4n) is 6.46. The van der Waals surface area contributed by atoms with Crippen molar-refractivity contribution in [1.29, 1.82) is 0 Å². The number of aliphatic carboxylic acids is 1. The van der Waals surface area contributed by atoms with Crippen molar-refractivity contribution in [1.82, 2.24) is 0 Å². The van der Waals surface area contributed by atoms with Gasteiger partial charge in [-0.05, 0) is 50.0 Å². The molecule has 1 saturated carbocycles. The van der Waals surface area contributed by atoms with E-state index < -0.39 is 23.0 Å². The molecule has 5 aliphatic rings. The Labute approximate surface area is 171 Å². The summed E-state index contributed by atoms with van der Waals surface area (Å²) in [6, 6.07) is 0. The topological polar surface area (TPSA) is 80.7 Å². The molecule has 5 nitrogen and oxygen atoms in total. The van der Waals surface area contributed by atoms with E-state index in [0.717, 1.165) is 37.7 Å². The Bertz CT molecular complexity index is 847. The van der Waals surface area contributed by atoms with Gasteiger partial charge in [-0.1, -0.05) is 44.9 Å². The molecule has 0 aromatic rings. The zero-order valence-electron chi connectivity index (χ0n) is 17.3. The van der Waals surface area contributed by atoms with Gasteiger partial charge in [0, 0.05) is 12.3 Å². The number of ether oxygens (including phenoxy) is 1. The molecule has 156 valence electrons. The fourth-order valence-corrected chi connectivity index (χ4v) is 6.46. The second-order valence-corrected chi connectivity index (χ2v) is 8.87. The Morgan fingerprint density at radius 3 is 2.76 bits per heavy atom. The van der Waals surface area contributed by atoms with E-state index in [1.165, 1.54) is 0 Å². The molecule has 4 aliphatic carbocycles. The Kier molecular flexibility index (Phi) is 5.04. The summed E-state index contributed by atoms with van der Waals surface area (Å²) >= 11 is 0. The van der Waals surface area contributed by atoms with E-state index in [9.17, 15) is 19.5 Å². The van der Waals surface area contributed by atoms with Crippen LogP contribution in [0.5, 0.6) is 0 Å². The van der Waals surface area contributed by atoms with Gasteiger partial charge in [0.05, 0.1) is 11.1 Å². The Morgan fingerprint density at radius 1 is 1.28 bits per heavy atom. The molecule has 0 radical (unpaired) electrons. The molecule has 1 N–H and O–H groups in total. The highest BCUT2D eigenvalue weighted by molar-refractivity contribution is 6.05. The largest absolute Gasteiger partial charge is 0.478 e. The SMILES string of the molecule is CCCCC(=O)[C@@]12CC[C@@H](C=C1C(=O)O)C(CCC)C21OC(=O)C2=C1CCC=C2. The second kappa shape index (κ2) is 7.26. The maximum atomic E-state index is 13.8. The van der Waals surface area contributed by atoms with Gasteiger partial charge in [-0.2, -0.15) is 0 Å². The molecule has 5 rings (SSSR count). The maximum absolute atomic E-state index is 13.8. The average Bonchev–Trinajstić information content (AvgIpc) is 3.02. The van der Waals surface area contributed by atoms with Crippen LogP contribution in [0.25, 0.3) is 0 Å². The van der Waals surface area contributed by atoms with Crippen LogP contribution in [0.1, 0.15) is 71.6 Å². The summed E-state index contributed by atoms with van der Waals surface area (Å²) in [5, 5.41) is 10.1. The Balaban J connectivity index is 1.99. The smallest absolute Gasteiger partial charge is 0.339 e. The number of ketones is 1. The maximum Gasteiger partial charge on any atom is 0.339 e. The van der Waals surface area contributed by atoms with Crippen molar-refractivity contribution in [2.75, 3.05) is 0 Å². The number of carboxylic acid groups (broad SMARTS) is 1. The summed E-state index contributed by atoms with van der Waals surface area (Å²) in [5.74, 6) is -1.53. The number of Topliss-reactive ketones (excluding diaryl/α,β-unsaturated/α-hetero) is 1. The number of hydrogen-bond donors (Lipinski definition) is 1. The first-order valence-electron chi connectivity index (χ1n) is 11.1. The molecular formula is C24H30O5. The molecule has 2 unspecified atom stereocenters. The molecule has 5 heteroatoms. The highest BCUT2D eigenvalue weighted by Gasteiger charge is 2.73. The molecule has 0 aromatic heterocycles. The second-order valence-electron chi connectivity index (χ2n) is 8.87. The molecule has 0 aromatic carbocycles. The van der Waals surface area contributed by atoms with Gasteiger partial charge in [0.25, 0.3) is 0 Å². The summed E-state index contributed by atoms with van der Waals surface area (Å²) in [4.78, 5) is 39.1. The van der Waals surface area contributed by atoms with Crippen molar-refractivity contribution < 1.29 is 24.2 Å². The Hall–Kier alpha value is -2.17. The highest BCUT2D eigenvalue weighted by Crippen LogP contribution is 2.67. The van der Waals surface area contributed by atoms with Gasteiger partial charge in [0.2, 0.25) is 0 Å². The van der Waals surface area contributed by atoms with E-state index in [0.29, 0.717) is 31.3 Å². The minimum Gasteiger partial charge on any atom is -0.478 e. The van der Waals surface area contributed by atoms with Crippen molar-refractivity contribution >= 4 is 17.7 Å². The summed E-state index contributed by atoms with van der Waals surface area (Å²) < 4.78 is 6.23. The van der Waals surface area contributed by atoms with Crippen molar-refractivity contribution in [3.05, 3.63) is 34.9 Å². The van der Waals surface area contributed by atoms with Gasteiger partial charge in [0.1, 0.15) is 11.2 Å². The van der Waals surface area contributed by atoms with Gasteiger partial charge < -0.3 is 9.84 Å². The van der Waals surface area contributed by atoms with E-state index >= 15 is 0 Å². The number of rotatable bonds is 7. The van der Waals surface area contributed by atoms with Gasteiger partial charge in [-0.25, -0.2) is 9.59 Å². The van der Waals surface area contributed by atoms with Gasteiger partial charge in [-0.3, -0.25) is 4.79 Å². The lowest BCUT2D eigenvalue weighted by atomic mass is 9.44. The molecular weight excluding hydrogens is 368 g/mol. The summed E-state index contributed by atoms with van der Waals surface area (Å²) in [7, 11) is 0. The van der Waals surface area contributed by atoms with Crippen LogP contribution in [0.15, 0.2) is 34.9 Å². The van der Waals surface area contributed by atoms with E-state index in [1.54, 1.807) is 0 Å². The molecule has 1 aliphatic heterocycles. The Morgan fingerprint density at radius 2 is 2.07 bits per heavy atom. The minimum atomic E-state index is -1.26. The third kappa shape index (κ3) is 2.55. The summed E-state index contributed by atoms with van der Waals surface area (Å²) in [6.07, 6.45) is 11.9. The predicted molar refractivity (Wildman–Crippen MR) is 108 cm³/mol. The van der Waals surface area contributed by atoms with Gasteiger partial charge >= 0.3 is 11.9 Å². The van der Waals surface area contributed by atoms with Crippen LogP contribution in [0.4, 0.5) is 0 Å². The van der Waals surface area contributed by atoms with Crippen LogP contribution in [0.2, 0.25) is 0 Å². The number of hydrogen-bond acceptors (Lipinski definition) is 4. The van der Waals surface area contributed by atoms with Crippen LogP contribution < -0.4 is 0 Å². The number of allylic oxidation sites excluding steroid dienone is 2. The first-order valence-corrected chi connectivity index (χ1v) is 11.1. The highest BCUT2D eigenvalue weighted by atomic mass is 16.6. The standard InChI is InChI=1S/C24H30O5/c1-3-5-11-20(25)23-13-12-15(14-19(23)21(26)27)17(8-4-2)24(23)18-10-7-6-9-16(18)22(28)29-24/h6,9,14-15,17H,3-5,7-8,10-13H2,1-2H3,(H,26,27)/t15-,17?,23+,24?/m0/s1. The first-order chi connectivity index (χ1) is 13.9. The normalized spacial score (nSPS) is 35.0. The third-order valence-electron chi connectivity index (χ3n) is 7.52. The zero-order valence-corrected chi connectivity index (χ0v) is 17.3. The van der Waals surface area contributed by atoms with E-state index in [1.807, 2.05) is 25.2 Å². The van der Waals surface area contributed by atoms with Crippen molar-refractivity contribution in [2.24, 2.45) is 17.3 Å². The number of carbonyl (C=O) groups excluding carboxylic acids is 2. The van der Waals surface area contributed by atoms with E-state index in [-0.39, 0.29) is 23.2 Å². The van der Waals surface area contributed by atoms with E-state index in [2.05, 4.69) is 6.92 Å². The quantitative estimate of drug-likeness (QED) is 0.638. The minimum absolute atomic E-state index is 0.0208. The molecule has 0 saturated heterocycles. The molecule has 2 bridgehead atoms. The number of unbranched alkanes of at least 4 members (excludes halogenated alkanes) is 1. The average molecular weight is 398 g/mol. The van der Waals surface area contributed by atoms with Crippen molar-refractivity contribution in [3.63, 3.8) is 0 Å². The number of fused-ring (bicyclic) bond motifs is 1. The fraction of sp³-hybridized carbons (Fsp3) is 0.625. The molecule has 4 atom stereocenters. The van der Waals surface area contributed by atoms with Crippen LogP contribution in [0.3, 0.4) is 0 Å². The monoisotopic (exact) mass is 398 g/mol. The molecule has 29 heavy (non-hydrogen) atoms. The van der Waals surface area contributed by atoms with E-state index in [4.69, 9.17) is 4.74 Å². The lowest BCUT2D eigenvalue weighted by Gasteiger charge is -2.60. The van der Waals surface area contributed by atoms with Crippen molar-refractivity contribution in [2.45, 2.75) is 77.2 Å². The lowest BCUT2D eigenvalue weighted by Crippen LogP contribution is -2.67.